The Labute approximate surface area is 179 Å². The van der Waals surface area contributed by atoms with Crippen LogP contribution < -0.4 is 5.56 Å². The average molecular weight is 433 g/mol. The maximum atomic E-state index is 13.4. The first-order valence-corrected chi connectivity index (χ1v) is 11.9. The van der Waals surface area contributed by atoms with Crippen molar-refractivity contribution in [3.8, 4) is 6.07 Å². The first-order valence-electron chi connectivity index (χ1n) is 10.1. The third-order valence-electron chi connectivity index (χ3n) is 5.24. The number of carbonyl (C=O) groups is 1. The molecule has 1 amide bonds. The fourth-order valence-electron chi connectivity index (χ4n) is 3.62. The number of amides is 1. The van der Waals surface area contributed by atoms with Crippen LogP contribution in [0.5, 0.6) is 0 Å². The minimum absolute atomic E-state index is 0.0311. The van der Waals surface area contributed by atoms with Crippen LogP contribution in [0.2, 0.25) is 0 Å². The molecule has 1 unspecified atom stereocenters. The number of carbonyl (C=O) groups excluding carboxylic acids is 1. The molecule has 1 aliphatic carbocycles. The molecule has 0 saturated carbocycles. The molecule has 2 aromatic rings. The van der Waals surface area contributed by atoms with E-state index in [0.717, 1.165) is 29.5 Å². The van der Waals surface area contributed by atoms with E-state index in [1.165, 1.54) is 22.2 Å². The van der Waals surface area contributed by atoms with Gasteiger partial charge < -0.3 is 4.90 Å². The minimum Gasteiger partial charge on any atom is -0.344 e. The molecule has 0 aromatic carbocycles. The lowest BCUT2D eigenvalue weighted by Gasteiger charge is -2.18. The molecule has 0 fully saturated rings. The third-order valence-corrected chi connectivity index (χ3v) is 7.35. The second kappa shape index (κ2) is 9.31. The summed E-state index contributed by atoms with van der Waals surface area (Å²) in [6, 6.07) is 2.06. The van der Waals surface area contributed by atoms with Crippen LogP contribution in [0.3, 0.4) is 0 Å². The fraction of sp³-hybridized carbons (Fsp3) is 0.619. The van der Waals surface area contributed by atoms with Gasteiger partial charge in [-0.3, -0.25) is 14.2 Å². The van der Waals surface area contributed by atoms with E-state index in [1.54, 1.807) is 27.9 Å². The third kappa shape index (κ3) is 4.84. The second-order valence-corrected chi connectivity index (χ2v) is 10.3. The molecular formula is C21H28N4O2S2. The van der Waals surface area contributed by atoms with Crippen LogP contribution >= 0.6 is 23.1 Å². The first kappa shape index (κ1) is 21.8. The van der Waals surface area contributed by atoms with Crippen molar-refractivity contribution in [1.29, 1.82) is 5.26 Å². The number of aromatic nitrogens is 2. The highest BCUT2D eigenvalue weighted by atomic mass is 32.2. The highest BCUT2D eigenvalue weighted by molar-refractivity contribution is 7.99. The number of rotatable bonds is 7. The van der Waals surface area contributed by atoms with E-state index in [0.29, 0.717) is 36.5 Å². The summed E-state index contributed by atoms with van der Waals surface area (Å²) in [5, 5.41) is 10.1. The molecule has 2 aromatic heterocycles. The lowest BCUT2D eigenvalue weighted by molar-refractivity contribution is -0.127. The van der Waals surface area contributed by atoms with Crippen LogP contribution in [0.4, 0.5) is 0 Å². The molecule has 1 aliphatic rings. The Hall–Kier alpha value is -1.85. The van der Waals surface area contributed by atoms with Crippen LogP contribution in [0.15, 0.2) is 9.95 Å². The van der Waals surface area contributed by atoms with E-state index < -0.39 is 0 Å². The summed E-state index contributed by atoms with van der Waals surface area (Å²) >= 11 is 2.96. The zero-order chi connectivity index (χ0) is 21.1. The number of thiophene rings is 1. The van der Waals surface area contributed by atoms with Crippen molar-refractivity contribution in [1.82, 2.24) is 14.5 Å². The van der Waals surface area contributed by atoms with Gasteiger partial charge in [-0.05, 0) is 36.7 Å². The van der Waals surface area contributed by atoms with Crippen molar-refractivity contribution < 1.29 is 4.79 Å². The molecule has 29 heavy (non-hydrogen) atoms. The molecule has 8 heteroatoms. The number of aryl methyl sites for hydroxylation is 1. The summed E-state index contributed by atoms with van der Waals surface area (Å²) in [5.41, 5.74) is 1.23. The van der Waals surface area contributed by atoms with E-state index in [-0.39, 0.29) is 17.2 Å². The maximum absolute atomic E-state index is 13.4. The van der Waals surface area contributed by atoms with Crippen molar-refractivity contribution in [3.05, 3.63) is 20.8 Å². The standard InChI is InChI=1S/C21H28N4O2S2/c1-13(2)11-25-20(27)18-15-7-6-14(3)10-16(15)29-19(18)23-21(25)28-12-17(26)24(4)9-5-8-22/h13-14H,5-7,9-12H2,1-4H3. The van der Waals surface area contributed by atoms with E-state index >= 15 is 0 Å². The molecule has 0 N–H and O–H groups in total. The molecule has 0 spiro atoms. The largest absolute Gasteiger partial charge is 0.344 e. The highest BCUT2D eigenvalue weighted by Gasteiger charge is 2.25. The summed E-state index contributed by atoms with van der Waals surface area (Å²) in [4.78, 5) is 34.3. The molecule has 0 aliphatic heterocycles. The van der Waals surface area contributed by atoms with Gasteiger partial charge in [0.25, 0.3) is 5.56 Å². The van der Waals surface area contributed by atoms with Crippen molar-refractivity contribution in [2.45, 2.75) is 58.2 Å². The van der Waals surface area contributed by atoms with Gasteiger partial charge in [0.1, 0.15) is 4.83 Å². The molecule has 0 bridgehead atoms. The Morgan fingerprint density at radius 1 is 1.48 bits per heavy atom. The summed E-state index contributed by atoms with van der Waals surface area (Å²) in [7, 11) is 1.70. The summed E-state index contributed by atoms with van der Waals surface area (Å²) < 4.78 is 1.76. The molecule has 3 rings (SSSR count). The van der Waals surface area contributed by atoms with Gasteiger partial charge in [-0.2, -0.15) is 5.26 Å². The van der Waals surface area contributed by atoms with Crippen LogP contribution in [-0.2, 0) is 24.2 Å². The SMILES string of the molecule is CC(C)Cn1c(SCC(=O)N(C)CCC#N)nc2sc3c(c2c1=O)CCC(C)C3. The summed E-state index contributed by atoms with van der Waals surface area (Å²) in [6.07, 6.45) is 3.39. The van der Waals surface area contributed by atoms with Crippen molar-refractivity contribution >= 4 is 39.2 Å². The Balaban J connectivity index is 1.94. The topological polar surface area (TPSA) is 79.0 Å². The predicted octanol–water partition coefficient (Wildman–Crippen LogP) is 3.70. The van der Waals surface area contributed by atoms with E-state index in [4.69, 9.17) is 10.2 Å². The fourth-order valence-corrected chi connectivity index (χ4v) is 5.99. The Bertz CT molecular complexity index is 1000. The lowest BCUT2D eigenvalue weighted by atomic mass is 9.89. The van der Waals surface area contributed by atoms with Crippen LogP contribution in [-0.4, -0.2) is 39.7 Å². The van der Waals surface area contributed by atoms with Gasteiger partial charge in [-0.25, -0.2) is 4.98 Å². The molecule has 0 saturated heterocycles. The van der Waals surface area contributed by atoms with Gasteiger partial charge in [0.05, 0.1) is 23.6 Å². The van der Waals surface area contributed by atoms with E-state index in [2.05, 4.69) is 26.8 Å². The smallest absolute Gasteiger partial charge is 0.263 e. The zero-order valence-corrected chi connectivity index (χ0v) is 19.2. The number of thioether (sulfide) groups is 1. The van der Waals surface area contributed by atoms with Gasteiger partial charge in [0.2, 0.25) is 5.91 Å². The number of nitrogens with zero attached hydrogens (tertiary/aromatic N) is 4. The number of hydrogen-bond donors (Lipinski definition) is 0. The maximum Gasteiger partial charge on any atom is 0.263 e. The highest BCUT2D eigenvalue weighted by Crippen LogP contribution is 2.36. The number of nitriles is 1. The van der Waals surface area contributed by atoms with Crippen molar-refractivity contribution in [2.75, 3.05) is 19.3 Å². The minimum atomic E-state index is -0.0602. The predicted molar refractivity (Wildman–Crippen MR) is 118 cm³/mol. The molecule has 0 radical (unpaired) electrons. The lowest BCUT2D eigenvalue weighted by Crippen LogP contribution is -2.30. The van der Waals surface area contributed by atoms with Gasteiger partial charge in [0, 0.05) is 25.0 Å². The normalized spacial score (nSPS) is 16.1. The average Bonchev–Trinajstić information content (AvgIpc) is 3.03. The van der Waals surface area contributed by atoms with Gasteiger partial charge >= 0.3 is 0 Å². The monoisotopic (exact) mass is 432 g/mol. The Kier molecular flexibility index (Phi) is 7.01. The molecular weight excluding hydrogens is 404 g/mol. The van der Waals surface area contributed by atoms with Crippen LogP contribution in [0.1, 0.15) is 44.1 Å². The first-order chi connectivity index (χ1) is 13.8. The van der Waals surface area contributed by atoms with E-state index in [9.17, 15) is 9.59 Å². The van der Waals surface area contributed by atoms with Crippen molar-refractivity contribution in [3.63, 3.8) is 0 Å². The number of hydrogen-bond acceptors (Lipinski definition) is 6. The molecule has 1 atom stereocenters. The molecule has 156 valence electrons. The van der Waals surface area contributed by atoms with Crippen molar-refractivity contribution in [2.24, 2.45) is 11.8 Å². The van der Waals surface area contributed by atoms with Crippen LogP contribution in [0, 0.1) is 23.2 Å². The molecule has 2 heterocycles. The van der Waals surface area contributed by atoms with E-state index in [1.807, 2.05) is 0 Å². The molecule has 6 nitrogen and oxygen atoms in total. The summed E-state index contributed by atoms with van der Waals surface area (Å²) in [5.74, 6) is 1.09. The Morgan fingerprint density at radius 3 is 2.93 bits per heavy atom. The quantitative estimate of drug-likeness (QED) is 0.492. The second-order valence-electron chi connectivity index (χ2n) is 8.25. The number of fused-ring (bicyclic) bond motifs is 3. The Morgan fingerprint density at radius 2 is 2.24 bits per heavy atom. The summed E-state index contributed by atoms with van der Waals surface area (Å²) in [6.45, 7) is 7.42. The zero-order valence-electron chi connectivity index (χ0n) is 17.5. The van der Waals surface area contributed by atoms with Gasteiger partial charge in [0.15, 0.2) is 5.16 Å². The van der Waals surface area contributed by atoms with Gasteiger partial charge in [-0.1, -0.05) is 32.5 Å². The van der Waals surface area contributed by atoms with Crippen LogP contribution in [0.25, 0.3) is 10.2 Å². The van der Waals surface area contributed by atoms with Gasteiger partial charge in [-0.15, -0.1) is 11.3 Å².